The fourth-order valence-electron chi connectivity index (χ4n) is 2.17. The van der Waals surface area contributed by atoms with E-state index in [2.05, 4.69) is 48.4 Å². The molecule has 2 aromatic carbocycles. The van der Waals surface area contributed by atoms with E-state index in [0.717, 1.165) is 0 Å². The molecule has 0 heterocycles. The standard InChI is InChI=1S/C19H23NO2Si.Li/c1-16(22-19(21)20-17-10-6-4-7-11-17)14-15-23(2,3)18-12-8-5-9-13-18;/h4-16H,1-3H3,(H,20,21);/q;+1/p-1/b15-14+;. The van der Waals surface area contributed by atoms with E-state index in [1.165, 1.54) is 5.19 Å². The summed E-state index contributed by atoms with van der Waals surface area (Å²) in [6.07, 6.45) is 1.09. The van der Waals surface area contributed by atoms with Crippen LogP contribution in [-0.4, -0.2) is 20.3 Å². The molecule has 0 N–H and O–H groups in total. The first kappa shape index (κ1) is 20.3. The third kappa shape index (κ3) is 6.41. The van der Waals surface area contributed by atoms with Crippen molar-refractivity contribution in [2.24, 2.45) is 0 Å². The summed E-state index contributed by atoms with van der Waals surface area (Å²) >= 11 is 0. The molecule has 0 aliphatic heterocycles. The number of nitrogens with zero attached hydrogens (tertiary/aromatic N) is 1. The summed E-state index contributed by atoms with van der Waals surface area (Å²) in [4.78, 5) is 11.8. The summed E-state index contributed by atoms with van der Waals surface area (Å²) in [5.74, 6) is 0. The predicted octanol–water partition coefficient (Wildman–Crippen LogP) is 1.93. The number of amides is 1. The molecule has 0 fully saturated rings. The van der Waals surface area contributed by atoms with Gasteiger partial charge < -0.3 is 10.1 Å². The molecule has 0 aromatic heterocycles. The van der Waals surface area contributed by atoms with Gasteiger partial charge in [0.2, 0.25) is 6.09 Å². The van der Waals surface area contributed by atoms with Crippen LogP contribution in [0.4, 0.5) is 10.5 Å². The Morgan fingerprint density at radius 3 is 2.17 bits per heavy atom. The van der Waals surface area contributed by atoms with E-state index in [9.17, 15) is 4.79 Å². The van der Waals surface area contributed by atoms with E-state index in [4.69, 9.17) is 4.74 Å². The number of benzene rings is 2. The molecule has 0 spiro atoms. The van der Waals surface area contributed by atoms with Gasteiger partial charge in [-0.3, -0.25) is 4.79 Å². The first-order chi connectivity index (χ1) is 11.0. The van der Waals surface area contributed by atoms with Crippen molar-refractivity contribution in [1.29, 1.82) is 0 Å². The molecule has 0 aliphatic rings. The summed E-state index contributed by atoms with van der Waals surface area (Å²) in [5.41, 5.74) is 2.80. The topological polar surface area (TPSA) is 40.4 Å². The van der Waals surface area contributed by atoms with Gasteiger partial charge in [-0.15, -0.1) is 5.69 Å². The molecular formula is C19H22LiNO2Si. The van der Waals surface area contributed by atoms with Gasteiger partial charge in [0, 0.05) is 0 Å². The van der Waals surface area contributed by atoms with Crippen LogP contribution in [-0.2, 0) is 4.74 Å². The van der Waals surface area contributed by atoms with Gasteiger partial charge >= 0.3 is 18.9 Å². The van der Waals surface area contributed by atoms with Crippen molar-refractivity contribution in [3.63, 3.8) is 0 Å². The normalized spacial score (nSPS) is 12.3. The van der Waals surface area contributed by atoms with Gasteiger partial charge in [0.25, 0.3) is 0 Å². The number of ether oxygens (including phenoxy) is 1. The Balaban J connectivity index is 0.00000288. The van der Waals surface area contributed by atoms with Crippen molar-refractivity contribution in [2.75, 3.05) is 0 Å². The van der Waals surface area contributed by atoms with Crippen molar-refractivity contribution >= 4 is 25.0 Å². The van der Waals surface area contributed by atoms with Gasteiger partial charge in [-0.05, 0) is 6.92 Å². The Kier molecular flexibility index (Phi) is 8.07. The fraction of sp³-hybridized carbons (Fsp3) is 0.211. The molecule has 0 bridgehead atoms. The zero-order chi connectivity index (χ0) is 16.7. The minimum absolute atomic E-state index is 0. The summed E-state index contributed by atoms with van der Waals surface area (Å²) in [6, 6.07) is 19.5. The van der Waals surface area contributed by atoms with Gasteiger partial charge in [-0.25, -0.2) is 0 Å². The van der Waals surface area contributed by atoms with Gasteiger partial charge in [-0.1, -0.05) is 90.7 Å². The van der Waals surface area contributed by atoms with Crippen LogP contribution in [0.25, 0.3) is 5.32 Å². The number of carbonyl (C=O) groups is 1. The molecule has 1 unspecified atom stereocenters. The predicted molar refractivity (Wildman–Crippen MR) is 98.1 cm³/mol. The second-order valence-corrected chi connectivity index (χ2v) is 10.3. The van der Waals surface area contributed by atoms with Gasteiger partial charge in [0.15, 0.2) is 0 Å². The van der Waals surface area contributed by atoms with Crippen LogP contribution >= 0.6 is 0 Å². The molecular weight excluding hydrogens is 309 g/mol. The third-order valence-electron chi connectivity index (χ3n) is 3.57. The summed E-state index contributed by atoms with van der Waals surface area (Å²) in [5, 5.41) is 5.27. The molecule has 0 saturated heterocycles. The van der Waals surface area contributed by atoms with Crippen molar-refractivity contribution in [3.8, 4) is 0 Å². The smallest absolute Gasteiger partial charge is 0.591 e. The molecule has 5 heteroatoms. The maximum Gasteiger partial charge on any atom is 1.00 e. The molecule has 2 aromatic rings. The van der Waals surface area contributed by atoms with Crippen molar-refractivity contribution in [3.05, 3.63) is 77.8 Å². The largest absolute Gasteiger partial charge is 1.00 e. The van der Waals surface area contributed by atoms with Gasteiger partial charge in [-0.2, -0.15) is 0 Å². The molecule has 0 aliphatic carbocycles. The Hall–Kier alpha value is -1.74. The van der Waals surface area contributed by atoms with E-state index in [-0.39, 0.29) is 25.0 Å². The Morgan fingerprint density at radius 2 is 1.58 bits per heavy atom. The number of hydrogen-bond acceptors (Lipinski definition) is 2. The zero-order valence-corrected chi connectivity index (χ0v) is 15.8. The molecule has 2 rings (SSSR count). The van der Waals surface area contributed by atoms with Crippen LogP contribution in [0.2, 0.25) is 13.1 Å². The van der Waals surface area contributed by atoms with Crippen molar-refractivity contribution < 1.29 is 28.4 Å². The first-order valence-electron chi connectivity index (χ1n) is 7.70. The minimum atomic E-state index is -1.67. The summed E-state index contributed by atoms with van der Waals surface area (Å²) in [7, 11) is -1.67. The fourth-order valence-corrected chi connectivity index (χ4v) is 4.17. The maximum absolute atomic E-state index is 11.8. The molecule has 0 saturated carbocycles. The molecule has 3 nitrogen and oxygen atoms in total. The van der Waals surface area contributed by atoms with Gasteiger partial charge in [0.05, 0.1) is 0 Å². The van der Waals surface area contributed by atoms with Gasteiger partial charge in [0.1, 0.15) is 14.2 Å². The van der Waals surface area contributed by atoms with Crippen LogP contribution in [0.5, 0.6) is 0 Å². The quantitative estimate of drug-likeness (QED) is 0.786. The van der Waals surface area contributed by atoms with E-state index in [0.29, 0.717) is 5.69 Å². The molecule has 120 valence electrons. The van der Waals surface area contributed by atoms with Crippen LogP contribution in [0.1, 0.15) is 6.92 Å². The third-order valence-corrected chi connectivity index (χ3v) is 6.41. The van der Waals surface area contributed by atoms with E-state index in [1.54, 1.807) is 12.1 Å². The van der Waals surface area contributed by atoms with Crippen LogP contribution < -0.4 is 24.0 Å². The minimum Gasteiger partial charge on any atom is -0.591 e. The van der Waals surface area contributed by atoms with E-state index in [1.807, 2.05) is 37.3 Å². The van der Waals surface area contributed by atoms with Crippen LogP contribution in [0.15, 0.2) is 72.4 Å². The molecule has 24 heavy (non-hydrogen) atoms. The SMILES string of the molecule is CC(/C=C/[Si](C)(C)c1ccccc1)OC(=O)[N-]c1ccccc1.[Li+]. The average Bonchev–Trinajstić information content (AvgIpc) is 2.55. The van der Waals surface area contributed by atoms with Crippen molar-refractivity contribution in [1.82, 2.24) is 0 Å². The second kappa shape index (κ2) is 9.53. The van der Waals surface area contributed by atoms with Crippen molar-refractivity contribution in [2.45, 2.75) is 26.1 Å². The maximum atomic E-state index is 11.8. The zero-order valence-electron chi connectivity index (χ0n) is 14.8. The average molecular weight is 331 g/mol. The second-order valence-electron chi connectivity index (χ2n) is 5.98. The van der Waals surface area contributed by atoms with Crippen LogP contribution in [0.3, 0.4) is 0 Å². The number of hydrogen-bond donors (Lipinski definition) is 0. The van der Waals surface area contributed by atoms with E-state index >= 15 is 0 Å². The monoisotopic (exact) mass is 331 g/mol. The van der Waals surface area contributed by atoms with E-state index < -0.39 is 14.2 Å². The first-order valence-corrected chi connectivity index (χ1v) is 10.8. The number of rotatable bonds is 5. The summed E-state index contributed by atoms with van der Waals surface area (Å²) in [6.45, 7) is 6.38. The molecule has 1 atom stereocenters. The summed E-state index contributed by atoms with van der Waals surface area (Å²) < 4.78 is 5.32. The Labute approximate surface area is 157 Å². The Bertz CT molecular complexity index is 660. The van der Waals surface area contributed by atoms with Crippen LogP contribution in [0, 0.1) is 0 Å². The molecule has 0 radical (unpaired) electrons. The molecule has 1 amide bonds. The number of carbonyl (C=O) groups excluding carboxylic acids is 1. The Morgan fingerprint density at radius 1 is 1.04 bits per heavy atom. The number of para-hydroxylation sites is 1.